The minimum atomic E-state index is -1.47. The van der Waals surface area contributed by atoms with Crippen LogP contribution in [0.4, 0.5) is 0 Å². The molecule has 5 atom stereocenters. The lowest BCUT2D eigenvalue weighted by molar-refractivity contribution is -0.231. The van der Waals surface area contributed by atoms with E-state index in [1.54, 1.807) is 4.90 Å². The van der Waals surface area contributed by atoms with Gasteiger partial charge in [-0.05, 0) is 19.3 Å². The third kappa shape index (κ3) is 22.8. The van der Waals surface area contributed by atoms with Crippen LogP contribution in [0.15, 0.2) is 0 Å². The summed E-state index contributed by atoms with van der Waals surface area (Å²) >= 11 is 0. The van der Waals surface area contributed by atoms with Crippen molar-refractivity contribution in [2.24, 2.45) is 0 Å². The lowest BCUT2D eigenvalue weighted by Gasteiger charge is -2.47. The standard InChI is InChI=1S/C41H78N2O8/c1-3-5-7-9-11-13-14-15-16-17-18-19-21-23-25-27-32-43(36(46)30-26-24-22-20-12-10-8-6-4-2)41-38(40(50)39(49)34(33-44)51-41)42-35(45)29-28-31-37(47)48/h34,38-41,44,49-50H,3-33H2,1-2H3,(H,42,45)(H,47,48)/t34-,38-,39-,40-,41-/m1/s1. The monoisotopic (exact) mass is 727 g/mol. The Kier molecular flexibility index (Phi) is 29.4. The number of rotatable bonds is 34. The fourth-order valence-electron chi connectivity index (χ4n) is 7.13. The summed E-state index contributed by atoms with van der Waals surface area (Å²) in [6.07, 6.45) is 25.1. The highest BCUT2D eigenvalue weighted by atomic mass is 16.5. The number of hydrogen-bond acceptors (Lipinski definition) is 7. The number of carboxylic acids is 1. The van der Waals surface area contributed by atoms with Gasteiger partial charge in [-0.1, -0.05) is 162 Å². The Balaban J connectivity index is 2.68. The molecule has 1 aliphatic heterocycles. The predicted octanol–water partition coefficient (Wildman–Crippen LogP) is 8.18. The SMILES string of the molecule is CCCCCCCCCCCCCCCCCCN(C(=O)CCCCCCCCCCC)[C@@H]1O[C@H](CO)[C@@H](O)[C@H](O)[C@H]1NC(=O)CCCC(=O)O. The van der Waals surface area contributed by atoms with Crippen LogP contribution in [-0.2, 0) is 19.1 Å². The molecule has 1 aliphatic rings. The summed E-state index contributed by atoms with van der Waals surface area (Å²) in [6, 6.07) is -1.12. The zero-order valence-electron chi connectivity index (χ0n) is 32.7. The molecule has 300 valence electrons. The Hall–Kier alpha value is -1.75. The molecule has 51 heavy (non-hydrogen) atoms. The molecular weight excluding hydrogens is 648 g/mol. The number of aliphatic hydroxyl groups excluding tert-OH is 3. The summed E-state index contributed by atoms with van der Waals surface area (Å²) in [7, 11) is 0. The highest BCUT2D eigenvalue weighted by Gasteiger charge is 2.48. The molecule has 1 heterocycles. The number of carbonyl (C=O) groups is 3. The molecule has 2 amide bonds. The van der Waals surface area contributed by atoms with E-state index in [0.29, 0.717) is 13.0 Å². The van der Waals surface area contributed by atoms with Gasteiger partial charge in [-0.25, -0.2) is 0 Å². The quantitative estimate of drug-likeness (QED) is 0.0416. The van der Waals surface area contributed by atoms with Gasteiger partial charge in [-0.15, -0.1) is 0 Å². The molecule has 0 aromatic rings. The van der Waals surface area contributed by atoms with Crippen molar-refractivity contribution in [1.29, 1.82) is 0 Å². The average molecular weight is 727 g/mol. The minimum absolute atomic E-state index is 0.0761. The summed E-state index contributed by atoms with van der Waals surface area (Å²) in [5.74, 6) is -1.62. The average Bonchev–Trinajstić information content (AvgIpc) is 3.11. The molecule has 0 aromatic carbocycles. The van der Waals surface area contributed by atoms with Crippen LogP contribution in [0, 0.1) is 0 Å². The van der Waals surface area contributed by atoms with Crippen LogP contribution in [-0.4, -0.2) is 86.8 Å². The molecule has 0 radical (unpaired) electrons. The van der Waals surface area contributed by atoms with Gasteiger partial charge in [0.25, 0.3) is 0 Å². The van der Waals surface area contributed by atoms with Gasteiger partial charge in [-0.3, -0.25) is 14.4 Å². The maximum Gasteiger partial charge on any atom is 0.303 e. The first-order valence-corrected chi connectivity index (χ1v) is 21.2. The van der Waals surface area contributed by atoms with Crippen LogP contribution in [0.2, 0.25) is 0 Å². The van der Waals surface area contributed by atoms with Crippen LogP contribution in [0.5, 0.6) is 0 Å². The molecule has 0 spiro atoms. The van der Waals surface area contributed by atoms with Crippen LogP contribution < -0.4 is 5.32 Å². The van der Waals surface area contributed by atoms with Crippen molar-refractivity contribution in [3.05, 3.63) is 0 Å². The van der Waals surface area contributed by atoms with E-state index in [1.165, 1.54) is 109 Å². The van der Waals surface area contributed by atoms with Crippen LogP contribution >= 0.6 is 0 Å². The van der Waals surface area contributed by atoms with Crippen LogP contribution in [0.1, 0.15) is 200 Å². The molecule has 1 rings (SSSR count). The van der Waals surface area contributed by atoms with E-state index in [0.717, 1.165) is 51.4 Å². The van der Waals surface area contributed by atoms with E-state index in [4.69, 9.17) is 9.84 Å². The van der Waals surface area contributed by atoms with E-state index >= 15 is 0 Å². The second-order valence-corrected chi connectivity index (χ2v) is 15.0. The largest absolute Gasteiger partial charge is 0.481 e. The summed E-state index contributed by atoms with van der Waals surface area (Å²) in [5.41, 5.74) is 0. The fourth-order valence-corrected chi connectivity index (χ4v) is 7.13. The summed E-state index contributed by atoms with van der Waals surface area (Å²) in [4.78, 5) is 39.1. The number of carboxylic acid groups (broad SMARTS) is 1. The summed E-state index contributed by atoms with van der Waals surface area (Å²) < 4.78 is 6.07. The van der Waals surface area contributed by atoms with E-state index < -0.39 is 49.1 Å². The molecule has 10 nitrogen and oxygen atoms in total. The molecule has 1 fully saturated rings. The molecule has 0 unspecified atom stereocenters. The number of nitrogens with one attached hydrogen (secondary N) is 1. The Morgan fingerprint density at radius 2 is 1.00 bits per heavy atom. The van der Waals surface area contributed by atoms with E-state index in [1.807, 2.05) is 0 Å². The first-order valence-electron chi connectivity index (χ1n) is 21.2. The number of unbranched alkanes of at least 4 members (excludes halogenated alkanes) is 23. The predicted molar refractivity (Wildman–Crippen MR) is 204 cm³/mol. The Labute approximate surface area is 310 Å². The number of amides is 2. The van der Waals surface area contributed by atoms with Gasteiger partial charge in [0.15, 0.2) is 6.23 Å². The van der Waals surface area contributed by atoms with Crippen molar-refractivity contribution < 1.29 is 39.5 Å². The minimum Gasteiger partial charge on any atom is -0.481 e. The van der Waals surface area contributed by atoms with E-state index in [9.17, 15) is 29.7 Å². The molecule has 5 N–H and O–H groups in total. The Morgan fingerprint density at radius 1 is 0.569 bits per heavy atom. The molecular formula is C41H78N2O8. The lowest BCUT2D eigenvalue weighted by atomic mass is 9.94. The molecule has 0 aliphatic carbocycles. The number of aliphatic carboxylic acids is 1. The fraction of sp³-hybridized carbons (Fsp3) is 0.927. The van der Waals surface area contributed by atoms with Gasteiger partial charge in [0.2, 0.25) is 11.8 Å². The van der Waals surface area contributed by atoms with Crippen molar-refractivity contribution in [2.75, 3.05) is 13.2 Å². The lowest BCUT2D eigenvalue weighted by Crippen LogP contribution is -2.68. The topological polar surface area (TPSA) is 157 Å². The normalized spacial score (nSPS) is 20.4. The maximum absolute atomic E-state index is 13.8. The van der Waals surface area contributed by atoms with Crippen LogP contribution in [0.3, 0.4) is 0 Å². The van der Waals surface area contributed by atoms with Gasteiger partial charge < -0.3 is 35.4 Å². The van der Waals surface area contributed by atoms with Crippen molar-refractivity contribution in [3.8, 4) is 0 Å². The molecule has 1 saturated heterocycles. The van der Waals surface area contributed by atoms with Gasteiger partial charge >= 0.3 is 5.97 Å². The molecule has 0 bridgehead atoms. The van der Waals surface area contributed by atoms with Gasteiger partial charge in [0.05, 0.1) is 6.61 Å². The van der Waals surface area contributed by atoms with Crippen molar-refractivity contribution in [3.63, 3.8) is 0 Å². The Bertz CT molecular complexity index is 875. The van der Waals surface area contributed by atoms with Crippen molar-refractivity contribution in [2.45, 2.75) is 231 Å². The van der Waals surface area contributed by atoms with Gasteiger partial charge in [0.1, 0.15) is 24.4 Å². The van der Waals surface area contributed by atoms with E-state index in [2.05, 4.69) is 19.2 Å². The molecule has 0 saturated carbocycles. The maximum atomic E-state index is 13.8. The number of nitrogens with zero attached hydrogens (tertiary/aromatic N) is 1. The third-order valence-corrected chi connectivity index (χ3v) is 10.4. The first-order chi connectivity index (χ1) is 24.8. The highest BCUT2D eigenvalue weighted by Crippen LogP contribution is 2.26. The van der Waals surface area contributed by atoms with Gasteiger partial charge in [0, 0.05) is 25.8 Å². The number of aliphatic hydroxyl groups is 3. The van der Waals surface area contributed by atoms with Crippen LogP contribution in [0.25, 0.3) is 0 Å². The second-order valence-electron chi connectivity index (χ2n) is 15.0. The second kappa shape index (κ2) is 31.7. The Morgan fingerprint density at radius 3 is 1.43 bits per heavy atom. The highest BCUT2D eigenvalue weighted by molar-refractivity contribution is 5.78. The zero-order valence-corrected chi connectivity index (χ0v) is 32.7. The smallest absolute Gasteiger partial charge is 0.303 e. The van der Waals surface area contributed by atoms with Crippen molar-refractivity contribution in [1.82, 2.24) is 10.2 Å². The number of carbonyl (C=O) groups excluding carboxylic acids is 2. The third-order valence-electron chi connectivity index (χ3n) is 10.4. The molecule has 0 aromatic heterocycles. The number of hydrogen-bond donors (Lipinski definition) is 5. The number of ether oxygens (including phenoxy) is 1. The first kappa shape index (κ1) is 47.3. The summed E-state index contributed by atoms with van der Waals surface area (Å²) in [6.45, 7) is 4.30. The zero-order chi connectivity index (χ0) is 37.5. The molecule has 10 heteroatoms. The van der Waals surface area contributed by atoms with Crippen molar-refractivity contribution >= 4 is 17.8 Å². The summed E-state index contributed by atoms with van der Waals surface area (Å²) in [5, 5.41) is 43.3. The van der Waals surface area contributed by atoms with Gasteiger partial charge in [-0.2, -0.15) is 0 Å². The van der Waals surface area contributed by atoms with E-state index in [-0.39, 0.29) is 25.2 Å².